The molecule has 1 unspecified atom stereocenters. The molecule has 2 aliphatic rings. The molecule has 0 spiro atoms. The molecule has 0 amide bonds. The van der Waals surface area contributed by atoms with Crippen LogP contribution in [0.3, 0.4) is 0 Å². The normalized spacial score (nSPS) is 20.6. The van der Waals surface area contributed by atoms with Gasteiger partial charge in [-0.15, -0.1) is 4.37 Å². The summed E-state index contributed by atoms with van der Waals surface area (Å²) in [7, 11) is 0. The van der Waals surface area contributed by atoms with Crippen LogP contribution < -0.4 is 15.0 Å². The predicted octanol–water partition coefficient (Wildman–Crippen LogP) is -0.187. The van der Waals surface area contributed by atoms with Crippen LogP contribution in [0.15, 0.2) is 12.2 Å². The number of ether oxygens (including phenoxy) is 4. The van der Waals surface area contributed by atoms with E-state index in [2.05, 4.69) is 14.1 Å². The second kappa shape index (κ2) is 8.61. The van der Waals surface area contributed by atoms with Gasteiger partial charge >= 0.3 is 17.9 Å². The fraction of sp³-hybridized carbons (Fsp3) is 0.647. The van der Waals surface area contributed by atoms with Crippen LogP contribution in [0.4, 0.5) is 5.82 Å². The van der Waals surface area contributed by atoms with Crippen molar-refractivity contribution in [3.8, 4) is 5.88 Å². The zero-order valence-electron chi connectivity index (χ0n) is 16.4. The summed E-state index contributed by atoms with van der Waals surface area (Å²) in [6, 6.07) is 0. The molecule has 2 N–H and O–H groups in total. The Balaban J connectivity index is 1.85. The number of hydrogen-bond acceptors (Lipinski definition) is 12. The lowest BCUT2D eigenvalue weighted by molar-refractivity contribution is -0.351. The molecule has 3 rings (SSSR count). The van der Waals surface area contributed by atoms with Gasteiger partial charge in [-0.2, -0.15) is 4.37 Å². The number of carbonyl (C=O) groups is 2. The van der Waals surface area contributed by atoms with E-state index < -0.39 is 24.0 Å². The van der Waals surface area contributed by atoms with Crippen LogP contribution in [0.5, 0.6) is 5.88 Å². The number of rotatable bonds is 6. The second-order valence-electron chi connectivity index (χ2n) is 7.54. The summed E-state index contributed by atoms with van der Waals surface area (Å²) in [5, 5.41) is 14.0. The number of carbonyl (C=O) groups excluding carboxylic acids is 2. The van der Waals surface area contributed by atoms with E-state index in [1.807, 2.05) is 25.7 Å². The van der Waals surface area contributed by atoms with Gasteiger partial charge in [0.1, 0.15) is 0 Å². The Hall–Kier alpha value is -2.28. The third-order valence-electron chi connectivity index (χ3n) is 4.08. The van der Waals surface area contributed by atoms with E-state index in [4.69, 9.17) is 18.9 Å². The molecule has 0 radical (unpaired) electrons. The molecule has 1 aromatic heterocycles. The molecule has 29 heavy (non-hydrogen) atoms. The van der Waals surface area contributed by atoms with Gasteiger partial charge in [-0.3, -0.25) is 0 Å². The molecule has 1 fully saturated rings. The van der Waals surface area contributed by atoms with Crippen LogP contribution in [0.25, 0.3) is 0 Å². The highest BCUT2D eigenvalue weighted by Crippen LogP contribution is 2.30. The fourth-order valence-electron chi connectivity index (χ4n) is 2.64. The summed E-state index contributed by atoms with van der Waals surface area (Å²) in [5.74, 6) is -3.91. The van der Waals surface area contributed by atoms with Crippen molar-refractivity contribution in [3.63, 3.8) is 0 Å². The fourth-order valence-corrected chi connectivity index (χ4v) is 3.15. The zero-order valence-corrected chi connectivity index (χ0v) is 17.2. The van der Waals surface area contributed by atoms with E-state index in [0.29, 0.717) is 32.1 Å². The minimum atomic E-state index is -2.65. The van der Waals surface area contributed by atoms with Gasteiger partial charge < -0.3 is 34.3 Å². The van der Waals surface area contributed by atoms with Crippen molar-refractivity contribution in [2.24, 2.45) is 0 Å². The molecule has 12 heteroatoms. The Labute approximate surface area is 171 Å². The highest BCUT2D eigenvalue weighted by molar-refractivity contribution is 6.99. The van der Waals surface area contributed by atoms with Crippen LogP contribution in [-0.4, -0.2) is 76.3 Å². The van der Waals surface area contributed by atoms with Crippen LogP contribution in [0, 0.1) is 0 Å². The standard InChI is InChI=1S/C17H24N4O7S/c1-16(2,3)18-10-11(17(24)27-12(22)4-5-13(23)28-17)26-15-14(19-29-20-15)21-6-8-25-9-7-21/h4-5,11,18,24H,6-10H2,1-3H3. The monoisotopic (exact) mass is 428 g/mol. The highest BCUT2D eigenvalue weighted by atomic mass is 32.1. The summed E-state index contributed by atoms with van der Waals surface area (Å²) in [6.45, 7) is 7.99. The second-order valence-corrected chi connectivity index (χ2v) is 8.06. The Bertz CT molecular complexity index is 750. The molecule has 1 aromatic rings. The van der Waals surface area contributed by atoms with Crippen molar-refractivity contribution in [3.05, 3.63) is 12.2 Å². The first-order valence-corrected chi connectivity index (χ1v) is 9.83. The Morgan fingerprint density at radius 3 is 2.45 bits per heavy atom. The summed E-state index contributed by atoms with van der Waals surface area (Å²) >= 11 is 0.939. The maximum atomic E-state index is 11.8. The number of cyclic esters (lactones) is 2. The SMILES string of the molecule is CC(C)(C)NCC(Oc1nsnc1N1CCOCC1)C1(O)OC(=O)C=CC(=O)O1. The number of esters is 2. The van der Waals surface area contributed by atoms with Gasteiger partial charge in [-0.25, -0.2) is 9.59 Å². The topological polar surface area (TPSA) is 132 Å². The predicted molar refractivity (Wildman–Crippen MR) is 101 cm³/mol. The smallest absolute Gasteiger partial charge is 0.414 e. The lowest BCUT2D eigenvalue weighted by Crippen LogP contribution is -2.57. The Kier molecular flexibility index (Phi) is 6.36. The van der Waals surface area contributed by atoms with E-state index in [1.165, 1.54) is 0 Å². The first-order valence-electron chi connectivity index (χ1n) is 9.10. The first-order chi connectivity index (χ1) is 13.7. The zero-order chi connectivity index (χ0) is 21.1. The average Bonchev–Trinajstić information content (AvgIpc) is 3.06. The largest absolute Gasteiger partial charge is 0.458 e. The van der Waals surface area contributed by atoms with Gasteiger partial charge in [0.2, 0.25) is 11.9 Å². The van der Waals surface area contributed by atoms with Crippen molar-refractivity contribution >= 4 is 29.5 Å². The van der Waals surface area contributed by atoms with Crippen molar-refractivity contribution in [2.45, 2.75) is 38.4 Å². The third-order valence-corrected chi connectivity index (χ3v) is 4.58. The van der Waals surface area contributed by atoms with E-state index in [9.17, 15) is 14.7 Å². The van der Waals surface area contributed by atoms with E-state index in [-0.39, 0.29) is 18.0 Å². The number of nitrogens with zero attached hydrogens (tertiary/aromatic N) is 3. The van der Waals surface area contributed by atoms with Crippen LogP contribution in [0.2, 0.25) is 0 Å². The molecule has 0 aromatic carbocycles. The summed E-state index contributed by atoms with van der Waals surface area (Å²) < 4.78 is 29.6. The summed E-state index contributed by atoms with van der Waals surface area (Å²) in [6.07, 6.45) is 0.439. The average molecular weight is 428 g/mol. The molecule has 0 saturated carbocycles. The lowest BCUT2D eigenvalue weighted by Gasteiger charge is -2.34. The number of hydrogen-bond donors (Lipinski definition) is 2. The molecular weight excluding hydrogens is 404 g/mol. The number of anilines is 1. The third kappa shape index (κ3) is 5.63. The quantitative estimate of drug-likeness (QED) is 0.584. The van der Waals surface area contributed by atoms with Crippen molar-refractivity contribution in [1.82, 2.24) is 14.1 Å². The van der Waals surface area contributed by atoms with Crippen LogP contribution >= 0.6 is 11.7 Å². The lowest BCUT2D eigenvalue weighted by atomic mass is 10.1. The van der Waals surface area contributed by atoms with Crippen molar-refractivity contribution < 1.29 is 33.6 Å². The van der Waals surface area contributed by atoms with E-state index >= 15 is 0 Å². The number of aliphatic hydroxyl groups is 1. The molecule has 0 aliphatic carbocycles. The van der Waals surface area contributed by atoms with E-state index in [0.717, 1.165) is 23.9 Å². The molecule has 160 valence electrons. The van der Waals surface area contributed by atoms with Gasteiger partial charge in [0, 0.05) is 37.3 Å². The molecule has 0 bridgehead atoms. The van der Waals surface area contributed by atoms with Gasteiger partial charge in [0.25, 0.3) is 5.88 Å². The number of aromatic nitrogens is 2. The van der Waals surface area contributed by atoms with E-state index in [1.54, 1.807) is 0 Å². The Morgan fingerprint density at radius 1 is 1.24 bits per heavy atom. The molecule has 2 aliphatic heterocycles. The Morgan fingerprint density at radius 2 is 1.86 bits per heavy atom. The molecule has 1 atom stereocenters. The molecule has 3 heterocycles. The summed E-state index contributed by atoms with van der Waals surface area (Å²) in [4.78, 5) is 25.6. The van der Waals surface area contributed by atoms with Crippen molar-refractivity contribution in [2.75, 3.05) is 37.7 Å². The first kappa shape index (κ1) is 21.4. The minimum Gasteiger partial charge on any atom is -0.458 e. The van der Waals surface area contributed by atoms with Crippen molar-refractivity contribution in [1.29, 1.82) is 0 Å². The van der Waals surface area contributed by atoms with Gasteiger partial charge in [-0.05, 0) is 20.8 Å². The van der Waals surface area contributed by atoms with Gasteiger partial charge in [-0.1, -0.05) is 0 Å². The minimum absolute atomic E-state index is 0.0133. The maximum Gasteiger partial charge on any atom is 0.414 e. The molecule has 1 saturated heterocycles. The molecule has 11 nitrogen and oxygen atoms in total. The number of morpholine rings is 1. The van der Waals surface area contributed by atoms with Crippen LogP contribution in [-0.2, 0) is 23.8 Å². The molecular formula is C17H24N4O7S. The summed E-state index contributed by atoms with van der Waals surface area (Å²) in [5.41, 5.74) is -0.359. The van der Waals surface area contributed by atoms with Gasteiger partial charge in [0.15, 0.2) is 0 Å². The van der Waals surface area contributed by atoms with Gasteiger partial charge in [0.05, 0.1) is 24.9 Å². The highest BCUT2D eigenvalue weighted by Gasteiger charge is 2.49. The number of nitrogens with one attached hydrogen (secondary N) is 1. The van der Waals surface area contributed by atoms with Crippen LogP contribution in [0.1, 0.15) is 20.8 Å². The maximum absolute atomic E-state index is 11.8.